The third-order valence-corrected chi connectivity index (χ3v) is 3.50. The molecule has 17 heavy (non-hydrogen) atoms. The van der Waals surface area contributed by atoms with Gasteiger partial charge in [0.15, 0.2) is 11.5 Å². The first kappa shape index (κ1) is 12.2. The van der Waals surface area contributed by atoms with E-state index in [2.05, 4.69) is 24.8 Å². The molecule has 2 rings (SSSR count). The van der Waals surface area contributed by atoms with Crippen LogP contribution in [0.15, 0.2) is 12.1 Å². The minimum atomic E-state index is 0.594. The molecule has 0 atom stereocenters. The van der Waals surface area contributed by atoms with Crippen LogP contribution in [0.2, 0.25) is 0 Å². The highest BCUT2D eigenvalue weighted by atomic mass is 16.5. The molecule has 0 bridgehead atoms. The van der Waals surface area contributed by atoms with Crippen molar-refractivity contribution in [1.29, 1.82) is 0 Å². The smallest absolute Gasteiger partial charge is 0.164 e. The third kappa shape index (κ3) is 2.25. The van der Waals surface area contributed by atoms with E-state index in [1.165, 1.54) is 11.1 Å². The van der Waals surface area contributed by atoms with Gasteiger partial charge in [-0.2, -0.15) is 0 Å². The average Bonchev–Trinajstić information content (AvgIpc) is 2.36. The molecule has 3 heteroatoms. The van der Waals surface area contributed by atoms with Crippen molar-refractivity contribution in [3.05, 3.63) is 23.3 Å². The van der Waals surface area contributed by atoms with Crippen LogP contribution in [-0.2, 0) is 13.0 Å². The monoisotopic (exact) mass is 235 g/mol. The van der Waals surface area contributed by atoms with E-state index in [1.54, 1.807) is 14.2 Å². The molecule has 1 aliphatic heterocycles. The zero-order valence-electron chi connectivity index (χ0n) is 11.1. The minimum Gasteiger partial charge on any atom is -0.493 e. The molecule has 1 aromatic carbocycles. The Labute approximate surface area is 103 Å². The van der Waals surface area contributed by atoms with Crippen LogP contribution >= 0.6 is 0 Å². The molecule has 0 unspecified atom stereocenters. The lowest BCUT2D eigenvalue weighted by molar-refractivity contribution is 0.201. The number of fused-ring (bicyclic) bond motifs is 1. The van der Waals surface area contributed by atoms with Crippen molar-refractivity contribution in [3.63, 3.8) is 0 Å². The van der Waals surface area contributed by atoms with E-state index in [0.717, 1.165) is 31.0 Å². The van der Waals surface area contributed by atoms with Gasteiger partial charge in [-0.3, -0.25) is 4.90 Å². The summed E-state index contributed by atoms with van der Waals surface area (Å²) in [5, 5.41) is 0. The molecule has 0 fully saturated rings. The molecule has 3 nitrogen and oxygen atoms in total. The van der Waals surface area contributed by atoms with Crippen LogP contribution in [0, 0.1) is 0 Å². The number of benzene rings is 1. The first-order valence-electron chi connectivity index (χ1n) is 6.14. The molecule has 1 heterocycles. The average molecular weight is 235 g/mol. The maximum atomic E-state index is 5.49. The summed E-state index contributed by atoms with van der Waals surface area (Å²) in [7, 11) is 3.40. The predicted molar refractivity (Wildman–Crippen MR) is 68.8 cm³/mol. The molecule has 0 saturated heterocycles. The molecule has 0 aromatic heterocycles. The van der Waals surface area contributed by atoms with E-state index < -0.39 is 0 Å². The minimum absolute atomic E-state index is 0.594. The van der Waals surface area contributed by atoms with Crippen molar-refractivity contribution < 1.29 is 9.47 Å². The molecule has 0 N–H and O–H groups in total. The van der Waals surface area contributed by atoms with Gasteiger partial charge in [0.25, 0.3) is 0 Å². The number of hydrogen-bond donors (Lipinski definition) is 0. The van der Waals surface area contributed by atoms with Crippen molar-refractivity contribution >= 4 is 0 Å². The number of methoxy groups -OCH3 is 2. The van der Waals surface area contributed by atoms with Gasteiger partial charge in [-0.15, -0.1) is 0 Å². The quantitative estimate of drug-likeness (QED) is 0.803. The topological polar surface area (TPSA) is 21.7 Å². The number of ether oxygens (including phenoxy) is 2. The van der Waals surface area contributed by atoms with E-state index in [1.807, 2.05) is 6.07 Å². The highest BCUT2D eigenvalue weighted by Gasteiger charge is 2.22. The second-order valence-corrected chi connectivity index (χ2v) is 4.75. The van der Waals surface area contributed by atoms with Gasteiger partial charge in [-0.05, 0) is 31.9 Å². The Morgan fingerprint density at radius 3 is 2.53 bits per heavy atom. The molecule has 1 aliphatic rings. The van der Waals surface area contributed by atoms with Crippen molar-refractivity contribution in [2.24, 2.45) is 0 Å². The SMILES string of the molecule is COc1ccc2c(c1OC)CCN(C(C)C)C2. The molecule has 94 valence electrons. The van der Waals surface area contributed by atoms with Crippen LogP contribution < -0.4 is 9.47 Å². The summed E-state index contributed by atoms with van der Waals surface area (Å²) < 4.78 is 10.8. The number of hydrogen-bond acceptors (Lipinski definition) is 3. The molecule has 0 saturated carbocycles. The second-order valence-electron chi connectivity index (χ2n) is 4.75. The Hall–Kier alpha value is -1.22. The fraction of sp³-hybridized carbons (Fsp3) is 0.571. The molecule has 0 radical (unpaired) electrons. The normalized spacial score (nSPS) is 15.8. The highest BCUT2D eigenvalue weighted by Crippen LogP contribution is 2.36. The lowest BCUT2D eigenvalue weighted by Crippen LogP contribution is -2.36. The maximum absolute atomic E-state index is 5.49. The van der Waals surface area contributed by atoms with E-state index in [0.29, 0.717) is 6.04 Å². The lowest BCUT2D eigenvalue weighted by atomic mass is 9.97. The Morgan fingerprint density at radius 1 is 1.18 bits per heavy atom. The van der Waals surface area contributed by atoms with Crippen molar-refractivity contribution in [1.82, 2.24) is 4.90 Å². The first-order valence-corrected chi connectivity index (χ1v) is 6.14. The third-order valence-electron chi connectivity index (χ3n) is 3.50. The number of nitrogens with zero attached hydrogens (tertiary/aromatic N) is 1. The zero-order chi connectivity index (χ0) is 12.4. The Kier molecular flexibility index (Phi) is 3.57. The van der Waals surface area contributed by atoms with E-state index in [4.69, 9.17) is 9.47 Å². The van der Waals surface area contributed by atoms with Gasteiger partial charge in [0, 0.05) is 24.7 Å². The number of rotatable bonds is 3. The van der Waals surface area contributed by atoms with Gasteiger partial charge >= 0.3 is 0 Å². The largest absolute Gasteiger partial charge is 0.493 e. The predicted octanol–water partition coefficient (Wildman–Crippen LogP) is 2.47. The van der Waals surface area contributed by atoms with Crippen LogP contribution in [0.3, 0.4) is 0 Å². The van der Waals surface area contributed by atoms with Crippen LogP contribution in [0.25, 0.3) is 0 Å². The van der Waals surface area contributed by atoms with Gasteiger partial charge < -0.3 is 9.47 Å². The van der Waals surface area contributed by atoms with Gasteiger partial charge in [-0.25, -0.2) is 0 Å². The summed E-state index contributed by atoms with van der Waals surface area (Å²) in [6.07, 6.45) is 1.04. The van der Waals surface area contributed by atoms with E-state index >= 15 is 0 Å². The summed E-state index contributed by atoms with van der Waals surface area (Å²) in [4.78, 5) is 2.48. The molecular weight excluding hydrogens is 214 g/mol. The van der Waals surface area contributed by atoms with Crippen LogP contribution in [0.1, 0.15) is 25.0 Å². The van der Waals surface area contributed by atoms with Crippen LogP contribution in [0.5, 0.6) is 11.5 Å². The Morgan fingerprint density at radius 2 is 1.94 bits per heavy atom. The summed E-state index contributed by atoms with van der Waals surface area (Å²) in [5.74, 6) is 1.75. The van der Waals surface area contributed by atoms with Gasteiger partial charge in [0.2, 0.25) is 0 Å². The molecule has 1 aromatic rings. The molecule has 0 aliphatic carbocycles. The standard InChI is InChI=1S/C14H21NO2/c1-10(2)15-8-7-12-11(9-15)5-6-13(16-3)14(12)17-4/h5-6,10H,7-9H2,1-4H3. The summed E-state index contributed by atoms with van der Waals surface area (Å²) in [6, 6.07) is 4.75. The Bertz CT molecular complexity index is 401. The van der Waals surface area contributed by atoms with Crippen LogP contribution in [-0.4, -0.2) is 31.7 Å². The van der Waals surface area contributed by atoms with Gasteiger partial charge in [0.05, 0.1) is 14.2 Å². The van der Waals surface area contributed by atoms with Gasteiger partial charge in [-0.1, -0.05) is 6.07 Å². The van der Waals surface area contributed by atoms with Crippen molar-refractivity contribution in [2.45, 2.75) is 32.9 Å². The zero-order valence-corrected chi connectivity index (χ0v) is 11.1. The fourth-order valence-electron chi connectivity index (χ4n) is 2.45. The van der Waals surface area contributed by atoms with Crippen LogP contribution in [0.4, 0.5) is 0 Å². The molecule has 0 amide bonds. The van der Waals surface area contributed by atoms with Crippen molar-refractivity contribution in [2.75, 3.05) is 20.8 Å². The van der Waals surface area contributed by atoms with E-state index in [-0.39, 0.29) is 0 Å². The summed E-state index contributed by atoms with van der Waals surface area (Å²) in [5.41, 5.74) is 2.67. The molecular formula is C14H21NO2. The second kappa shape index (κ2) is 4.96. The highest BCUT2D eigenvalue weighted by molar-refractivity contribution is 5.51. The maximum Gasteiger partial charge on any atom is 0.164 e. The van der Waals surface area contributed by atoms with E-state index in [9.17, 15) is 0 Å². The molecule has 0 spiro atoms. The summed E-state index contributed by atoms with van der Waals surface area (Å²) >= 11 is 0. The Balaban J connectivity index is 2.35. The first-order chi connectivity index (χ1) is 8.17. The van der Waals surface area contributed by atoms with Crippen molar-refractivity contribution in [3.8, 4) is 11.5 Å². The fourth-order valence-corrected chi connectivity index (χ4v) is 2.45. The lowest BCUT2D eigenvalue weighted by Gasteiger charge is -2.32. The van der Waals surface area contributed by atoms with Gasteiger partial charge in [0.1, 0.15) is 0 Å². The summed E-state index contributed by atoms with van der Waals surface area (Å²) in [6.45, 7) is 6.58.